The second kappa shape index (κ2) is 8.86. The van der Waals surface area contributed by atoms with Crippen molar-refractivity contribution in [3.63, 3.8) is 0 Å². The zero-order valence-electron chi connectivity index (χ0n) is 18.9. The Morgan fingerprint density at radius 1 is 0.971 bits per heavy atom. The number of hydrogen-bond donors (Lipinski definition) is 2. The van der Waals surface area contributed by atoms with Gasteiger partial charge in [0.15, 0.2) is 0 Å². The number of anilines is 1. The van der Waals surface area contributed by atoms with E-state index in [1.165, 1.54) is 0 Å². The molecule has 0 fully saturated rings. The summed E-state index contributed by atoms with van der Waals surface area (Å²) in [4.78, 5) is 26.6. The molecular formula is C27H24N4O3. The Hall–Kier alpha value is -4.39. The summed E-state index contributed by atoms with van der Waals surface area (Å²) in [7, 11) is 1.60. The van der Waals surface area contributed by atoms with Crippen molar-refractivity contribution in [3.8, 4) is 11.4 Å². The first-order valence-corrected chi connectivity index (χ1v) is 11.0. The molecule has 2 atom stereocenters. The Labute approximate surface area is 197 Å². The van der Waals surface area contributed by atoms with Crippen LogP contribution in [-0.2, 0) is 4.79 Å². The van der Waals surface area contributed by atoms with Gasteiger partial charge in [0, 0.05) is 22.6 Å². The van der Waals surface area contributed by atoms with Gasteiger partial charge < -0.3 is 15.4 Å². The van der Waals surface area contributed by atoms with Crippen LogP contribution in [0.2, 0.25) is 0 Å². The van der Waals surface area contributed by atoms with Crippen LogP contribution in [0.15, 0.2) is 84.9 Å². The Balaban J connectivity index is 1.66. The number of para-hydroxylation sites is 2. The van der Waals surface area contributed by atoms with E-state index in [0.29, 0.717) is 17.1 Å². The molecule has 0 saturated carbocycles. The van der Waals surface area contributed by atoms with E-state index in [0.717, 1.165) is 22.5 Å². The maximum Gasteiger partial charge on any atom is 0.251 e. The molecule has 2 amide bonds. The fraction of sp³-hybridized carbons (Fsp3) is 0.148. The van der Waals surface area contributed by atoms with E-state index in [9.17, 15) is 9.59 Å². The van der Waals surface area contributed by atoms with E-state index in [4.69, 9.17) is 9.84 Å². The van der Waals surface area contributed by atoms with Gasteiger partial charge in [0.25, 0.3) is 5.91 Å². The average Bonchev–Trinajstić information content (AvgIpc) is 3.21. The molecule has 7 nitrogen and oxygen atoms in total. The lowest BCUT2D eigenvalue weighted by atomic mass is 9.81. The van der Waals surface area contributed by atoms with Crippen LogP contribution in [0.5, 0.6) is 5.75 Å². The number of carbonyl (C=O) groups excluding carboxylic acids is 2. The third-order valence-corrected chi connectivity index (χ3v) is 6.07. The first kappa shape index (κ1) is 21.5. The highest BCUT2D eigenvalue weighted by molar-refractivity contribution is 6.04. The molecule has 1 aliphatic heterocycles. The van der Waals surface area contributed by atoms with Crippen molar-refractivity contribution >= 4 is 17.6 Å². The molecule has 34 heavy (non-hydrogen) atoms. The molecule has 0 spiro atoms. The van der Waals surface area contributed by atoms with Gasteiger partial charge in [0.1, 0.15) is 17.6 Å². The fourth-order valence-corrected chi connectivity index (χ4v) is 4.52. The van der Waals surface area contributed by atoms with Crippen molar-refractivity contribution in [2.24, 2.45) is 0 Å². The Bertz CT molecular complexity index is 1350. The standard InChI is InChI=1S/C27H24N4O3/c1-17-22-23(20-15-9-10-16-21(20)34-2)24(28-26(32)18-11-5-3-6-12-18)27(33)29-25(22)31(30-17)19-13-7-4-8-14-19/h3-16,23-24H,1-2H3,(H,28,32)(H,29,33)/t23-,24+/m0/s1. The van der Waals surface area contributed by atoms with Gasteiger partial charge in [-0.15, -0.1) is 0 Å². The summed E-state index contributed by atoms with van der Waals surface area (Å²) >= 11 is 0. The summed E-state index contributed by atoms with van der Waals surface area (Å²) in [6.07, 6.45) is 0. The number of benzene rings is 3. The van der Waals surface area contributed by atoms with Crippen LogP contribution < -0.4 is 15.4 Å². The summed E-state index contributed by atoms with van der Waals surface area (Å²) in [6.45, 7) is 1.91. The predicted molar refractivity (Wildman–Crippen MR) is 129 cm³/mol. The van der Waals surface area contributed by atoms with Gasteiger partial charge >= 0.3 is 0 Å². The number of aromatic nitrogens is 2. The summed E-state index contributed by atoms with van der Waals surface area (Å²) < 4.78 is 7.38. The molecule has 170 valence electrons. The van der Waals surface area contributed by atoms with E-state index in [-0.39, 0.29) is 11.8 Å². The average molecular weight is 453 g/mol. The highest BCUT2D eigenvalue weighted by atomic mass is 16.5. The van der Waals surface area contributed by atoms with Gasteiger partial charge in [0.05, 0.1) is 18.5 Å². The van der Waals surface area contributed by atoms with Gasteiger partial charge in [0.2, 0.25) is 5.91 Å². The lowest BCUT2D eigenvalue weighted by Crippen LogP contribution is -2.50. The minimum atomic E-state index is -0.858. The third-order valence-electron chi connectivity index (χ3n) is 6.07. The minimum Gasteiger partial charge on any atom is -0.496 e. The molecule has 3 aromatic carbocycles. The fourth-order valence-electron chi connectivity index (χ4n) is 4.52. The van der Waals surface area contributed by atoms with Gasteiger partial charge in [-0.25, -0.2) is 4.68 Å². The van der Waals surface area contributed by atoms with E-state index in [1.54, 1.807) is 36.1 Å². The van der Waals surface area contributed by atoms with Gasteiger partial charge in [-0.1, -0.05) is 54.6 Å². The van der Waals surface area contributed by atoms with Crippen molar-refractivity contribution in [2.75, 3.05) is 12.4 Å². The highest BCUT2D eigenvalue weighted by Gasteiger charge is 2.42. The Morgan fingerprint density at radius 2 is 1.62 bits per heavy atom. The maximum absolute atomic E-state index is 13.5. The number of methoxy groups -OCH3 is 1. The zero-order valence-corrected chi connectivity index (χ0v) is 18.9. The molecule has 2 heterocycles. The molecular weight excluding hydrogens is 428 g/mol. The number of rotatable bonds is 5. The minimum absolute atomic E-state index is 0.315. The van der Waals surface area contributed by atoms with Crippen LogP contribution in [0, 0.1) is 6.92 Å². The molecule has 0 unspecified atom stereocenters. The summed E-state index contributed by atoms with van der Waals surface area (Å²) in [5.74, 6) is 0.0979. The molecule has 0 saturated heterocycles. The molecule has 7 heteroatoms. The largest absolute Gasteiger partial charge is 0.496 e. The van der Waals surface area contributed by atoms with E-state index in [2.05, 4.69) is 10.6 Å². The SMILES string of the molecule is COc1ccccc1[C@H]1c2c(C)nn(-c3ccccc3)c2NC(=O)[C@@H]1NC(=O)c1ccccc1. The van der Waals surface area contributed by atoms with E-state index in [1.807, 2.05) is 67.6 Å². The van der Waals surface area contributed by atoms with Crippen LogP contribution in [-0.4, -0.2) is 34.7 Å². The van der Waals surface area contributed by atoms with Crippen LogP contribution in [0.4, 0.5) is 5.82 Å². The lowest BCUT2D eigenvalue weighted by molar-refractivity contribution is -0.118. The number of amides is 2. The predicted octanol–water partition coefficient (Wildman–Crippen LogP) is 4.07. The van der Waals surface area contributed by atoms with Crippen LogP contribution >= 0.6 is 0 Å². The number of ether oxygens (including phenoxy) is 1. The first-order chi connectivity index (χ1) is 16.6. The van der Waals surface area contributed by atoms with Crippen molar-refractivity contribution < 1.29 is 14.3 Å². The van der Waals surface area contributed by atoms with Crippen LogP contribution in [0.3, 0.4) is 0 Å². The van der Waals surface area contributed by atoms with E-state index >= 15 is 0 Å². The normalized spacial score (nSPS) is 16.9. The molecule has 0 aliphatic carbocycles. The number of nitrogens with one attached hydrogen (secondary N) is 2. The topological polar surface area (TPSA) is 85.2 Å². The van der Waals surface area contributed by atoms with E-state index < -0.39 is 12.0 Å². The number of nitrogens with zero attached hydrogens (tertiary/aromatic N) is 2. The highest BCUT2D eigenvalue weighted by Crippen LogP contribution is 2.43. The number of carbonyl (C=O) groups is 2. The number of aryl methyl sites for hydroxylation is 1. The van der Waals surface area contributed by atoms with Gasteiger partial charge in [-0.05, 0) is 37.3 Å². The van der Waals surface area contributed by atoms with Crippen molar-refractivity contribution in [1.29, 1.82) is 0 Å². The molecule has 0 radical (unpaired) electrons. The quantitative estimate of drug-likeness (QED) is 0.478. The van der Waals surface area contributed by atoms with Crippen molar-refractivity contribution in [1.82, 2.24) is 15.1 Å². The van der Waals surface area contributed by atoms with Crippen molar-refractivity contribution in [3.05, 3.63) is 107 Å². The summed E-state index contributed by atoms with van der Waals surface area (Å²) in [5.41, 5.74) is 3.71. The summed E-state index contributed by atoms with van der Waals surface area (Å²) in [5, 5.41) is 10.7. The van der Waals surface area contributed by atoms with Crippen LogP contribution in [0.1, 0.15) is 33.1 Å². The molecule has 1 aromatic heterocycles. The maximum atomic E-state index is 13.5. The first-order valence-electron chi connectivity index (χ1n) is 11.0. The van der Waals surface area contributed by atoms with Gasteiger partial charge in [-0.2, -0.15) is 5.10 Å². The zero-order chi connectivity index (χ0) is 23.7. The number of hydrogen-bond acceptors (Lipinski definition) is 4. The molecule has 2 N–H and O–H groups in total. The molecule has 1 aliphatic rings. The molecule has 4 aromatic rings. The summed E-state index contributed by atoms with van der Waals surface area (Å²) in [6, 6.07) is 25.2. The van der Waals surface area contributed by atoms with Crippen molar-refractivity contribution in [2.45, 2.75) is 18.9 Å². The lowest BCUT2D eigenvalue weighted by Gasteiger charge is -2.33. The molecule has 0 bridgehead atoms. The van der Waals surface area contributed by atoms with Gasteiger partial charge in [-0.3, -0.25) is 9.59 Å². The third kappa shape index (κ3) is 3.71. The number of fused-ring (bicyclic) bond motifs is 1. The smallest absolute Gasteiger partial charge is 0.251 e. The monoisotopic (exact) mass is 452 g/mol. The molecule has 5 rings (SSSR count). The Morgan fingerprint density at radius 3 is 2.32 bits per heavy atom. The second-order valence-corrected chi connectivity index (χ2v) is 8.12. The second-order valence-electron chi connectivity index (χ2n) is 8.12. The Kier molecular flexibility index (Phi) is 5.59. The van der Waals surface area contributed by atoms with Crippen LogP contribution in [0.25, 0.3) is 5.69 Å².